The molecule has 2 aliphatic heterocycles. The molecule has 1 fully saturated rings. The number of aromatic nitrogens is 2. The average Bonchev–Trinajstić information content (AvgIpc) is 3.27. The number of nitrogens with zero attached hydrogens (tertiary/aromatic N) is 5. The van der Waals surface area contributed by atoms with Gasteiger partial charge in [0, 0.05) is 83.1 Å². The van der Waals surface area contributed by atoms with Crippen molar-refractivity contribution in [2.75, 3.05) is 52.4 Å². The lowest BCUT2D eigenvalue weighted by molar-refractivity contribution is 0.116. The Kier molecular flexibility index (Phi) is 6.75. The molecule has 1 aromatic rings. The standard InChI is InChI=1S/C18H30N6O/c1-16(25)13-22-7-9-23(14-17-3-2-4-19-17)10-12-24(11-8-22)15-18-20-5-6-21-18/h2,4-6,16,25H,3,7-15H2,1H3,(H,20,21)/t16-/m0/s1. The number of hydrogen-bond donors (Lipinski definition) is 2. The molecule has 2 aliphatic rings. The molecule has 0 aliphatic carbocycles. The van der Waals surface area contributed by atoms with Crippen LogP contribution in [0.1, 0.15) is 19.2 Å². The third-order valence-corrected chi connectivity index (χ3v) is 4.77. The lowest BCUT2D eigenvalue weighted by Crippen LogP contribution is -2.40. The van der Waals surface area contributed by atoms with E-state index in [1.807, 2.05) is 25.5 Å². The molecule has 3 rings (SSSR count). The Morgan fingerprint density at radius 3 is 2.32 bits per heavy atom. The van der Waals surface area contributed by atoms with Crippen LogP contribution < -0.4 is 0 Å². The summed E-state index contributed by atoms with van der Waals surface area (Å²) in [6.45, 7) is 10.4. The molecule has 0 aromatic carbocycles. The highest BCUT2D eigenvalue weighted by Gasteiger charge is 2.19. The summed E-state index contributed by atoms with van der Waals surface area (Å²) in [7, 11) is 0. The number of H-pyrrole nitrogens is 1. The van der Waals surface area contributed by atoms with Crippen LogP contribution in [0.4, 0.5) is 0 Å². The number of allylic oxidation sites excluding steroid dienone is 1. The Morgan fingerprint density at radius 1 is 1.08 bits per heavy atom. The van der Waals surface area contributed by atoms with Crippen molar-refractivity contribution < 1.29 is 5.11 Å². The number of rotatable bonds is 6. The molecule has 2 N–H and O–H groups in total. The molecular weight excluding hydrogens is 316 g/mol. The second-order valence-electron chi connectivity index (χ2n) is 7.02. The minimum atomic E-state index is -0.295. The highest BCUT2D eigenvalue weighted by Crippen LogP contribution is 2.07. The summed E-state index contributed by atoms with van der Waals surface area (Å²) in [6, 6.07) is 0. The van der Waals surface area contributed by atoms with Crippen LogP contribution in [-0.2, 0) is 6.54 Å². The maximum Gasteiger partial charge on any atom is 0.120 e. The first-order valence-corrected chi connectivity index (χ1v) is 9.23. The molecule has 1 atom stereocenters. The zero-order chi connectivity index (χ0) is 17.5. The van der Waals surface area contributed by atoms with Crippen molar-refractivity contribution in [1.82, 2.24) is 24.7 Å². The van der Waals surface area contributed by atoms with Gasteiger partial charge in [0.1, 0.15) is 5.82 Å². The van der Waals surface area contributed by atoms with Crippen LogP contribution in [0.2, 0.25) is 0 Å². The number of aliphatic hydroxyl groups excluding tert-OH is 1. The normalized spacial score (nSPS) is 22.4. The highest BCUT2D eigenvalue weighted by atomic mass is 16.3. The maximum absolute atomic E-state index is 9.79. The zero-order valence-electron chi connectivity index (χ0n) is 15.1. The molecule has 138 valence electrons. The van der Waals surface area contributed by atoms with Crippen LogP contribution in [0.15, 0.2) is 29.7 Å². The van der Waals surface area contributed by atoms with Gasteiger partial charge in [-0.15, -0.1) is 0 Å². The van der Waals surface area contributed by atoms with Gasteiger partial charge in [-0.05, 0) is 6.92 Å². The molecule has 0 radical (unpaired) electrons. The zero-order valence-corrected chi connectivity index (χ0v) is 15.1. The fraction of sp³-hybridized carbons (Fsp3) is 0.667. The number of aromatic amines is 1. The lowest BCUT2D eigenvalue weighted by Gasteiger charge is -2.26. The monoisotopic (exact) mass is 346 g/mol. The van der Waals surface area contributed by atoms with E-state index in [4.69, 9.17) is 0 Å². The smallest absolute Gasteiger partial charge is 0.120 e. The SMILES string of the molecule is C[C@H](O)CN1CCN(CC2=NC=CC2)CCN(Cc2ncc[nH]2)CC1. The molecule has 0 amide bonds. The van der Waals surface area contributed by atoms with E-state index in [2.05, 4.69) is 35.7 Å². The van der Waals surface area contributed by atoms with Crippen molar-refractivity contribution in [3.05, 3.63) is 30.5 Å². The number of β-amino-alcohol motifs (C(OH)–C–C–N with tert-alkyl or cyclic N) is 1. The van der Waals surface area contributed by atoms with Gasteiger partial charge in [0.05, 0.1) is 12.6 Å². The summed E-state index contributed by atoms with van der Waals surface area (Å²) in [4.78, 5) is 19.3. The Balaban J connectivity index is 1.61. The molecule has 25 heavy (non-hydrogen) atoms. The molecule has 0 spiro atoms. The molecule has 3 heterocycles. The summed E-state index contributed by atoms with van der Waals surface area (Å²) in [5, 5.41) is 9.79. The minimum Gasteiger partial charge on any atom is -0.392 e. The van der Waals surface area contributed by atoms with E-state index in [1.165, 1.54) is 5.71 Å². The number of aliphatic imine (C=N–C) groups is 1. The topological polar surface area (TPSA) is 71.0 Å². The van der Waals surface area contributed by atoms with Crippen molar-refractivity contribution in [1.29, 1.82) is 0 Å². The van der Waals surface area contributed by atoms with Gasteiger partial charge in [-0.2, -0.15) is 0 Å². The van der Waals surface area contributed by atoms with E-state index in [0.717, 1.165) is 71.1 Å². The molecule has 1 aromatic heterocycles. The largest absolute Gasteiger partial charge is 0.392 e. The van der Waals surface area contributed by atoms with Crippen LogP contribution in [0.5, 0.6) is 0 Å². The Bertz CT molecular complexity index is 568. The minimum absolute atomic E-state index is 0.295. The van der Waals surface area contributed by atoms with E-state index in [9.17, 15) is 5.11 Å². The average molecular weight is 346 g/mol. The number of imidazole rings is 1. The predicted octanol–water partition coefficient (Wildman–Crippen LogP) is 0.569. The van der Waals surface area contributed by atoms with E-state index in [0.29, 0.717) is 0 Å². The van der Waals surface area contributed by atoms with Crippen molar-refractivity contribution in [3.8, 4) is 0 Å². The molecule has 0 unspecified atom stereocenters. The van der Waals surface area contributed by atoms with Crippen molar-refractivity contribution in [2.45, 2.75) is 26.0 Å². The van der Waals surface area contributed by atoms with Gasteiger partial charge in [0.2, 0.25) is 0 Å². The second kappa shape index (κ2) is 9.24. The van der Waals surface area contributed by atoms with Crippen molar-refractivity contribution in [2.24, 2.45) is 4.99 Å². The molecular formula is C18H30N6O. The lowest BCUT2D eigenvalue weighted by atomic mass is 10.2. The first-order valence-electron chi connectivity index (χ1n) is 9.23. The fourth-order valence-corrected chi connectivity index (χ4v) is 3.42. The molecule has 7 heteroatoms. The Labute approximate surface area is 150 Å². The van der Waals surface area contributed by atoms with E-state index in [1.54, 1.807) is 0 Å². The van der Waals surface area contributed by atoms with Gasteiger partial charge in [0.15, 0.2) is 0 Å². The highest BCUT2D eigenvalue weighted by molar-refractivity contribution is 5.89. The summed E-state index contributed by atoms with van der Waals surface area (Å²) in [5.74, 6) is 1.01. The number of nitrogens with one attached hydrogen (secondary N) is 1. The third-order valence-electron chi connectivity index (χ3n) is 4.77. The summed E-state index contributed by atoms with van der Waals surface area (Å²) in [5.41, 5.74) is 1.25. The maximum atomic E-state index is 9.79. The van der Waals surface area contributed by atoms with Crippen LogP contribution in [0.25, 0.3) is 0 Å². The summed E-state index contributed by atoms with van der Waals surface area (Å²) < 4.78 is 0. The molecule has 0 bridgehead atoms. The second-order valence-corrected chi connectivity index (χ2v) is 7.02. The van der Waals surface area contributed by atoms with Crippen LogP contribution in [0.3, 0.4) is 0 Å². The van der Waals surface area contributed by atoms with Gasteiger partial charge >= 0.3 is 0 Å². The first kappa shape index (κ1) is 18.3. The predicted molar refractivity (Wildman–Crippen MR) is 99.6 cm³/mol. The van der Waals surface area contributed by atoms with Gasteiger partial charge in [-0.1, -0.05) is 6.08 Å². The number of hydrogen-bond acceptors (Lipinski definition) is 6. The van der Waals surface area contributed by atoms with E-state index in [-0.39, 0.29) is 6.10 Å². The van der Waals surface area contributed by atoms with Crippen molar-refractivity contribution >= 4 is 5.71 Å². The van der Waals surface area contributed by atoms with Crippen molar-refractivity contribution in [3.63, 3.8) is 0 Å². The van der Waals surface area contributed by atoms with Gasteiger partial charge < -0.3 is 10.1 Å². The van der Waals surface area contributed by atoms with Crippen LogP contribution in [0, 0.1) is 0 Å². The van der Waals surface area contributed by atoms with E-state index < -0.39 is 0 Å². The van der Waals surface area contributed by atoms with Gasteiger partial charge in [0.25, 0.3) is 0 Å². The molecule has 0 saturated carbocycles. The Morgan fingerprint density at radius 2 is 1.76 bits per heavy atom. The Hall–Kier alpha value is -1.54. The first-order chi connectivity index (χ1) is 12.2. The molecule has 7 nitrogen and oxygen atoms in total. The number of aliphatic hydroxyl groups is 1. The van der Waals surface area contributed by atoms with Crippen LogP contribution in [-0.4, -0.2) is 93.9 Å². The summed E-state index contributed by atoms with van der Waals surface area (Å²) in [6.07, 6.45) is 8.40. The summed E-state index contributed by atoms with van der Waals surface area (Å²) >= 11 is 0. The van der Waals surface area contributed by atoms with Gasteiger partial charge in [-0.25, -0.2) is 4.98 Å². The van der Waals surface area contributed by atoms with Gasteiger partial charge in [-0.3, -0.25) is 19.7 Å². The quantitative estimate of drug-likeness (QED) is 0.788. The third kappa shape index (κ3) is 6.04. The molecule has 1 saturated heterocycles. The van der Waals surface area contributed by atoms with E-state index >= 15 is 0 Å². The van der Waals surface area contributed by atoms with Crippen LogP contribution >= 0.6 is 0 Å². The fourth-order valence-electron chi connectivity index (χ4n) is 3.42.